The Hall–Kier alpha value is -2.83. The van der Waals surface area contributed by atoms with Crippen molar-refractivity contribution >= 4 is 22.6 Å². The zero-order valence-electron chi connectivity index (χ0n) is 14.4. The van der Waals surface area contributed by atoms with Crippen molar-refractivity contribution in [3.63, 3.8) is 0 Å². The fraction of sp³-hybridized carbons (Fsp3) is 0.389. The number of anilines is 2. The van der Waals surface area contributed by atoms with Crippen molar-refractivity contribution in [2.24, 2.45) is 0 Å². The molecule has 1 aliphatic heterocycles. The number of hydrogen-bond donors (Lipinski definition) is 0. The second-order valence-corrected chi connectivity index (χ2v) is 6.54. The van der Waals surface area contributed by atoms with E-state index in [2.05, 4.69) is 19.8 Å². The van der Waals surface area contributed by atoms with E-state index in [1.807, 2.05) is 32.0 Å². The average Bonchev–Trinajstić information content (AvgIpc) is 3.16. The lowest BCUT2D eigenvalue weighted by Gasteiger charge is -2.35. The van der Waals surface area contributed by atoms with Gasteiger partial charge < -0.3 is 14.2 Å². The van der Waals surface area contributed by atoms with E-state index in [1.54, 1.807) is 23.4 Å². The molecule has 25 heavy (non-hydrogen) atoms. The summed E-state index contributed by atoms with van der Waals surface area (Å²) >= 11 is 0. The maximum Gasteiger partial charge on any atom is 0.297 e. The number of benzene rings is 1. The Morgan fingerprint density at radius 3 is 2.52 bits per heavy atom. The van der Waals surface area contributed by atoms with E-state index in [-0.39, 0.29) is 11.6 Å². The predicted molar refractivity (Wildman–Crippen MR) is 97.3 cm³/mol. The highest BCUT2D eigenvalue weighted by molar-refractivity contribution is 5.81. The van der Waals surface area contributed by atoms with E-state index < -0.39 is 0 Å². The molecule has 3 heterocycles. The summed E-state index contributed by atoms with van der Waals surface area (Å²) in [5.41, 5.74) is 1.85. The van der Waals surface area contributed by atoms with Crippen LogP contribution in [0.4, 0.5) is 11.7 Å². The van der Waals surface area contributed by atoms with Crippen molar-refractivity contribution in [3.8, 4) is 0 Å². The van der Waals surface area contributed by atoms with E-state index >= 15 is 0 Å². The van der Waals surface area contributed by atoms with Crippen LogP contribution in [0.1, 0.15) is 19.9 Å². The van der Waals surface area contributed by atoms with Crippen molar-refractivity contribution in [2.45, 2.75) is 19.9 Å². The lowest BCUT2D eigenvalue weighted by Crippen LogP contribution is -2.46. The summed E-state index contributed by atoms with van der Waals surface area (Å²) in [6.45, 7) is 7.41. The molecule has 7 heteroatoms. The monoisotopic (exact) mass is 339 g/mol. The molecule has 2 aromatic heterocycles. The first-order valence-corrected chi connectivity index (χ1v) is 8.54. The van der Waals surface area contributed by atoms with Crippen LogP contribution in [-0.4, -0.2) is 40.7 Å². The van der Waals surface area contributed by atoms with Crippen LogP contribution in [0, 0.1) is 0 Å². The highest BCUT2D eigenvalue weighted by atomic mass is 16.4. The lowest BCUT2D eigenvalue weighted by atomic mass is 10.2. The van der Waals surface area contributed by atoms with Crippen LogP contribution in [0.15, 0.2) is 46.2 Å². The van der Waals surface area contributed by atoms with Crippen molar-refractivity contribution in [1.29, 1.82) is 0 Å². The Labute approximate surface area is 145 Å². The second-order valence-electron chi connectivity index (χ2n) is 6.54. The normalized spacial score (nSPS) is 15.3. The number of piperazine rings is 1. The van der Waals surface area contributed by atoms with Gasteiger partial charge in [0.05, 0.1) is 23.4 Å². The zero-order valence-corrected chi connectivity index (χ0v) is 14.4. The molecule has 1 aliphatic rings. The van der Waals surface area contributed by atoms with E-state index in [0.29, 0.717) is 11.4 Å². The van der Waals surface area contributed by atoms with Crippen LogP contribution in [0.5, 0.6) is 0 Å². The molecular weight excluding hydrogens is 318 g/mol. The molecule has 3 aromatic rings. The van der Waals surface area contributed by atoms with Gasteiger partial charge in [0.15, 0.2) is 0 Å². The smallest absolute Gasteiger partial charge is 0.297 e. The largest absolute Gasteiger partial charge is 0.432 e. The molecule has 4 rings (SSSR count). The number of nitrogens with zero attached hydrogens (tertiary/aromatic N) is 5. The molecule has 0 spiro atoms. The first-order valence-electron chi connectivity index (χ1n) is 8.54. The van der Waals surface area contributed by atoms with Gasteiger partial charge in [-0.25, -0.2) is 9.97 Å². The zero-order chi connectivity index (χ0) is 17.4. The van der Waals surface area contributed by atoms with Crippen molar-refractivity contribution < 1.29 is 4.42 Å². The van der Waals surface area contributed by atoms with E-state index in [1.165, 1.54) is 0 Å². The molecule has 0 unspecified atom stereocenters. The minimum Gasteiger partial charge on any atom is -0.432 e. The Morgan fingerprint density at radius 2 is 1.84 bits per heavy atom. The van der Waals surface area contributed by atoms with Crippen LogP contribution in [0.25, 0.3) is 10.9 Å². The van der Waals surface area contributed by atoms with E-state index in [4.69, 9.17) is 4.42 Å². The number of oxazole rings is 1. The fourth-order valence-electron chi connectivity index (χ4n) is 3.22. The molecule has 0 bridgehead atoms. The lowest BCUT2D eigenvalue weighted by molar-refractivity contribution is 0.516. The molecule has 1 aromatic carbocycles. The molecule has 130 valence electrons. The van der Waals surface area contributed by atoms with Gasteiger partial charge in [-0.05, 0) is 32.0 Å². The summed E-state index contributed by atoms with van der Waals surface area (Å²) in [5.74, 6) is 0. The van der Waals surface area contributed by atoms with Crippen molar-refractivity contribution in [3.05, 3.63) is 47.3 Å². The minimum absolute atomic E-state index is 0.0141. The Kier molecular flexibility index (Phi) is 3.91. The second kappa shape index (κ2) is 6.23. The molecule has 7 nitrogen and oxygen atoms in total. The third-order valence-electron chi connectivity index (χ3n) is 4.66. The maximum atomic E-state index is 12.5. The van der Waals surface area contributed by atoms with Gasteiger partial charge in [0, 0.05) is 37.9 Å². The summed E-state index contributed by atoms with van der Waals surface area (Å²) in [7, 11) is 0. The van der Waals surface area contributed by atoms with Crippen LogP contribution in [-0.2, 0) is 0 Å². The Bertz CT molecular complexity index is 924. The molecule has 0 N–H and O–H groups in total. The number of fused-ring (bicyclic) bond motifs is 1. The molecule has 0 atom stereocenters. The van der Waals surface area contributed by atoms with Crippen LogP contribution < -0.4 is 15.4 Å². The van der Waals surface area contributed by atoms with Gasteiger partial charge in [0.2, 0.25) is 0 Å². The van der Waals surface area contributed by atoms with Crippen molar-refractivity contribution in [1.82, 2.24) is 14.5 Å². The average molecular weight is 339 g/mol. The topological polar surface area (TPSA) is 67.4 Å². The summed E-state index contributed by atoms with van der Waals surface area (Å²) in [4.78, 5) is 25.6. The summed E-state index contributed by atoms with van der Waals surface area (Å²) in [6.07, 6.45) is 4.90. The first kappa shape index (κ1) is 15.7. The first-order chi connectivity index (χ1) is 12.1. The summed E-state index contributed by atoms with van der Waals surface area (Å²) in [6, 6.07) is 6.68. The predicted octanol–water partition coefficient (Wildman–Crippen LogP) is 2.29. The van der Waals surface area contributed by atoms with Crippen molar-refractivity contribution in [2.75, 3.05) is 36.0 Å². The van der Waals surface area contributed by atoms with Crippen LogP contribution >= 0.6 is 0 Å². The molecule has 1 fully saturated rings. The molecule has 0 aliphatic carbocycles. The van der Waals surface area contributed by atoms with Gasteiger partial charge in [-0.2, -0.15) is 0 Å². The number of aromatic nitrogens is 3. The highest BCUT2D eigenvalue weighted by Crippen LogP contribution is 2.22. The molecule has 1 saturated heterocycles. The highest BCUT2D eigenvalue weighted by Gasteiger charge is 2.20. The standard InChI is InChI=1S/C18H21N5O2/c1-13(2)23-12-20-16-11-14(3-4-15(16)17(23)24)21-6-8-22(9-7-21)18-19-5-10-25-18/h3-5,10-13H,6-9H2,1-2H3. The third kappa shape index (κ3) is 2.86. The SMILES string of the molecule is CC(C)n1cnc2cc(N3CCN(c4ncco4)CC3)ccc2c1=O. The fourth-order valence-corrected chi connectivity index (χ4v) is 3.22. The molecule has 0 radical (unpaired) electrons. The van der Waals surface area contributed by atoms with Crippen LogP contribution in [0.3, 0.4) is 0 Å². The Morgan fingerprint density at radius 1 is 1.08 bits per heavy atom. The van der Waals surface area contributed by atoms with Gasteiger partial charge in [0.25, 0.3) is 11.6 Å². The number of rotatable bonds is 3. The maximum absolute atomic E-state index is 12.5. The Balaban J connectivity index is 1.56. The van der Waals surface area contributed by atoms with Gasteiger partial charge in [-0.1, -0.05) is 0 Å². The van der Waals surface area contributed by atoms with E-state index in [9.17, 15) is 4.79 Å². The third-order valence-corrected chi connectivity index (χ3v) is 4.66. The molecular formula is C18H21N5O2. The minimum atomic E-state index is 0.0141. The summed E-state index contributed by atoms with van der Waals surface area (Å²) < 4.78 is 7.03. The van der Waals surface area contributed by atoms with E-state index in [0.717, 1.165) is 37.4 Å². The molecule has 0 saturated carbocycles. The quantitative estimate of drug-likeness (QED) is 0.729. The van der Waals surface area contributed by atoms with Gasteiger partial charge in [0.1, 0.15) is 6.26 Å². The summed E-state index contributed by atoms with van der Waals surface area (Å²) in [5, 5.41) is 0.665. The van der Waals surface area contributed by atoms with Gasteiger partial charge in [-0.3, -0.25) is 9.36 Å². The van der Waals surface area contributed by atoms with Crippen LogP contribution in [0.2, 0.25) is 0 Å². The molecule has 0 amide bonds. The van der Waals surface area contributed by atoms with Gasteiger partial charge >= 0.3 is 0 Å². The number of hydrogen-bond acceptors (Lipinski definition) is 6. The van der Waals surface area contributed by atoms with Gasteiger partial charge in [-0.15, -0.1) is 0 Å².